The maximum absolute atomic E-state index is 9.58. The van der Waals surface area contributed by atoms with Gasteiger partial charge in [0.25, 0.3) is 0 Å². The molecule has 0 aromatic heterocycles. The van der Waals surface area contributed by atoms with Crippen LogP contribution >= 0.6 is 0 Å². The van der Waals surface area contributed by atoms with Crippen molar-refractivity contribution in [1.82, 2.24) is 0 Å². The van der Waals surface area contributed by atoms with E-state index >= 15 is 0 Å². The molecule has 0 rings (SSSR count). The summed E-state index contributed by atoms with van der Waals surface area (Å²) < 4.78 is 0. The van der Waals surface area contributed by atoms with Gasteiger partial charge >= 0.3 is 32.7 Å². The Morgan fingerprint density at radius 3 is 2.12 bits per heavy atom. The second-order valence-corrected chi connectivity index (χ2v) is 2.08. The molecule has 8 heavy (non-hydrogen) atoms. The second kappa shape index (κ2) is 7.77. The predicted octanol–water partition coefficient (Wildman–Crippen LogP) is 1.53. The van der Waals surface area contributed by atoms with Crippen LogP contribution in [-0.2, 0) is 37.5 Å². The molecule has 0 aromatic rings. The number of hydrogen-bond donors (Lipinski definition) is 0. The summed E-state index contributed by atoms with van der Waals surface area (Å²) in [6.07, 6.45) is 3.42. The molecule has 0 radical (unpaired) electrons. The quantitative estimate of drug-likeness (QED) is 0.613. The Hall–Kier alpha value is 0.774. The summed E-state index contributed by atoms with van der Waals surface area (Å²) in [5.74, 6) is 0.640. The summed E-state index contributed by atoms with van der Waals surface area (Å²) in [4.78, 5) is 9.58. The molecule has 0 atom stereocenters. The molecule has 42 valence electrons. The monoisotopic (exact) mass is 188 g/mol. The van der Waals surface area contributed by atoms with Crippen molar-refractivity contribution in [1.29, 1.82) is 0 Å². The summed E-state index contributed by atoms with van der Waals surface area (Å²) in [6, 6.07) is 0. The van der Waals surface area contributed by atoms with Gasteiger partial charge in [0.2, 0.25) is 0 Å². The van der Waals surface area contributed by atoms with Gasteiger partial charge in [-0.25, -0.2) is 0 Å². The molecule has 0 aromatic carbocycles. The maximum Gasteiger partial charge on any atom is 3.00 e. The molecule has 1 nitrogen and oxygen atoms in total. The van der Waals surface area contributed by atoms with Crippen LogP contribution in [0.15, 0.2) is 0 Å². The van der Waals surface area contributed by atoms with E-state index < -0.39 is 0 Å². The third-order valence-corrected chi connectivity index (χ3v) is 0.824. The zero-order valence-corrected chi connectivity index (χ0v) is 8.32. The molecule has 0 spiro atoms. The van der Waals surface area contributed by atoms with Crippen molar-refractivity contribution in [3.05, 3.63) is 0 Å². The van der Waals surface area contributed by atoms with Crippen molar-refractivity contribution in [3.8, 4) is 0 Å². The molecular weight excluding hydrogens is 177 g/mol. The van der Waals surface area contributed by atoms with Crippen LogP contribution in [0.25, 0.3) is 0 Å². The van der Waals surface area contributed by atoms with Crippen LogP contribution in [0.2, 0.25) is 0 Å². The third-order valence-electron chi connectivity index (χ3n) is 0.824. The van der Waals surface area contributed by atoms with Gasteiger partial charge in [0, 0.05) is 0 Å². The molecule has 0 saturated carbocycles. The minimum atomic E-state index is 0. The Bertz CT molecular complexity index is 52.5. The molecule has 0 fully saturated rings. The topological polar surface area (TPSA) is 17.1 Å². The van der Waals surface area contributed by atoms with Crippen LogP contribution in [0.3, 0.4) is 0 Å². The van der Waals surface area contributed by atoms with Crippen molar-refractivity contribution in [2.24, 2.45) is 5.92 Å². The first-order chi connectivity index (χ1) is 3.27. The molecule has 0 saturated heterocycles. The van der Waals surface area contributed by atoms with Crippen LogP contribution in [0, 0.1) is 5.92 Å². The fraction of sp³-hybridized carbons (Fsp3) is 0.833. The Kier molecular flexibility index (Phi) is 11.2. The van der Waals surface area contributed by atoms with E-state index in [4.69, 9.17) is 0 Å². The van der Waals surface area contributed by atoms with Gasteiger partial charge in [0.15, 0.2) is 0 Å². The van der Waals surface area contributed by atoms with E-state index in [2.05, 4.69) is 13.8 Å². The SMILES string of the molecule is CC(C)CC[C-]=O.[Y+3]. The largest absolute Gasteiger partial charge is 3.00 e. The van der Waals surface area contributed by atoms with E-state index in [1.54, 1.807) is 0 Å². The molecule has 0 bridgehead atoms. The molecular formula is C6H11OY+2. The average Bonchev–Trinajstić information content (AvgIpc) is 1.61. The first-order valence-electron chi connectivity index (χ1n) is 2.62. The van der Waals surface area contributed by atoms with Crippen LogP contribution in [-0.4, -0.2) is 6.29 Å². The molecule has 0 N–H and O–H groups in total. The minimum Gasteiger partial charge on any atom is -0.542 e. The summed E-state index contributed by atoms with van der Waals surface area (Å²) >= 11 is 0. The van der Waals surface area contributed by atoms with Gasteiger partial charge in [-0.15, -0.1) is 0 Å². The molecule has 0 unspecified atom stereocenters. The fourth-order valence-electron chi connectivity index (χ4n) is 0.348. The van der Waals surface area contributed by atoms with Crippen molar-refractivity contribution < 1.29 is 37.5 Å². The van der Waals surface area contributed by atoms with Crippen molar-refractivity contribution in [2.45, 2.75) is 26.7 Å². The van der Waals surface area contributed by atoms with Crippen molar-refractivity contribution in [3.63, 3.8) is 0 Å². The van der Waals surface area contributed by atoms with E-state index in [1.165, 1.54) is 0 Å². The van der Waals surface area contributed by atoms with Gasteiger partial charge in [-0.2, -0.15) is 6.42 Å². The van der Waals surface area contributed by atoms with E-state index in [0.717, 1.165) is 6.42 Å². The van der Waals surface area contributed by atoms with E-state index in [9.17, 15) is 4.79 Å². The Morgan fingerprint density at radius 2 is 2.00 bits per heavy atom. The Balaban J connectivity index is 0. The maximum atomic E-state index is 9.58. The smallest absolute Gasteiger partial charge is 0.542 e. The predicted molar refractivity (Wildman–Crippen MR) is 29.8 cm³/mol. The number of rotatable bonds is 3. The second-order valence-electron chi connectivity index (χ2n) is 2.08. The molecule has 0 aliphatic heterocycles. The molecule has 2 heteroatoms. The number of carbonyl (C=O) groups excluding carboxylic acids is 1. The van der Waals surface area contributed by atoms with Gasteiger partial charge in [-0.05, 0) is 5.92 Å². The molecule has 0 aliphatic rings. The van der Waals surface area contributed by atoms with E-state index in [-0.39, 0.29) is 32.7 Å². The first-order valence-corrected chi connectivity index (χ1v) is 2.62. The third kappa shape index (κ3) is 9.91. The van der Waals surface area contributed by atoms with Crippen molar-refractivity contribution in [2.75, 3.05) is 0 Å². The Morgan fingerprint density at radius 1 is 1.50 bits per heavy atom. The van der Waals surface area contributed by atoms with Crippen LogP contribution in [0.1, 0.15) is 26.7 Å². The van der Waals surface area contributed by atoms with Gasteiger partial charge in [0.1, 0.15) is 0 Å². The summed E-state index contributed by atoms with van der Waals surface area (Å²) in [6.45, 7) is 4.19. The van der Waals surface area contributed by atoms with Crippen molar-refractivity contribution >= 4 is 6.29 Å². The minimum absolute atomic E-state index is 0. The van der Waals surface area contributed by atoms with E-state index in [1.807, 2.05) is 6.29 Å². The van der Waals surface area contributed by atoms with Crippen LogP contribution in [0.4, 0.5) is 0 Å². The van der Waals surface area contributed by atoms with Gasteiger partial charge in [-0.1, -0.05) is 20.3 Å². The standard InChI is InChI=1S/C6H11O.Y/c1-6(2)4-3-5-7;/h6H,3-4H2,1-2H3;/q-1;+3. The van der Waals surface area contributed by atoms with Gasteiger partial charge in [-0.3, -0.25) is 6.29 Å². The van der Waals surface area contributed by atoms with Crippen LogP contribution in [0.5, 0.6) is 0 Å². The zero-order chi connectivity index (χ0) is 5.70. The summed E-state index contributed by atoms with van der Waals surface area (Å²) in [5.41, 5.74) is 0. The fourth-order valence-corrected chi connectivity index (χ4v) is 0.348. The first kappa shape index (κ1) is 11.6. The van der Waals surface area contributed by atoms with Gasteiger partial charge < -0.3 is 4.79 Å². The molecule has 0 heterocycles. The molecule has 0 amide bonds. The van der Waals surface area contributed by atoms with Crippen LogP contribution < -0.4 is 0 Å². The summed E-state index contributed by atoms with van der Waals surface area (Å²) in [5, 5.41) is 0. The molecule has 0 aliphatic carbocycles. The van der Waals surface area contributed by atoms with Gasteiger partial charge in [0.05, 0.1) is 0 Å². The van der Waals surface area contributed by atoms with E-state index in [0.29, 0.717) is 12.3 Å². The normalized spacial score (nSPS) is 8.38. The summed E-state index contributed by atoms with van der Waals surface area (Å²) in [7, 11) is 0. The Labute approximate surface area is 76.1 Å². The number of hydrogen-bond acceptors (Lipinski definition) is 1. The average molecular weight is 188 g/mol. The zero-order valence-electron chi connectivity index (χ0n) is 5.48.